The van der Waals surface area contributed by atoms with E-state index >= 15 is 0 Å². The molecule has 0 radical (unpaired) electrons. The van der Waals surface area contributed by atoms with Crippen LogP contribution in [0.1, 0.15) is 53.4 Å². The van der Waals surface area contributed by atoms with Gasteiger partial charge in [0, 0.05) is 5.92 Å². The third-order valence-corrected chi connectivity index (χ3v) is 5.11. The summed E-state index contributed by atoms with van der Waals surface area (Å²) in [6.45, 7) is 8.93. The van der Waals surface area contributed by atoms with Gasteiger partial charge in [-0.2, -0.15) is 0 Å². The van der Waals surface area contributed by atoms with Crippen LogP contribution in [0.15, 0.2) is 11.6 Å². The molecule has 2 aliphatic carbocycles. The molecule has 0 heterocycles. The number of allylic oxidation sites excluding steroid dienone is 1. The van der Waals surface area contributed by atoms with E-state index in [1.807, 2.05) is 0 Å². The molecule has 0 aromatic heterocycles. The standard InChI is InChI=1S/C15H26O/c1-10(2)15(16)8-7-12(4)13-6-5-11(3)9-14(13)15/h9-10,12-14,16H,5-8H2,1-4H3/t12-,13?,14+,15-/m1/s1. The zero-order valence-electron chi connectivity index (χ0n) is 11.2. The van der Waals surface area contributed by atoms with Gasteiger partial charge in [-0.05, 0) is 50.4 Å². The fourth-order valence-electron chi connectivity index (χ4n) is 3.75. The lowest BCUT2D eigenvalue weighted by Gasteiger charge is -2.50. The third kappa shape index (κ3) is 1.84. The Morgan fingerprint density at radius 1 is 1.38 bits per heavy atom. The van der Waals surface area contributed by atoms with E-state index < -0.39 is 5.60 Å². The highest BCUT2D eigenvalue weighted by Crippen LogP contribution is 2.50. The van der Waals surface area contributed by atoms with Crippen molar-refractivity contribution in [2.75, 3.05) is 0 Å². The van der Waals surface area contributed by atoms with E-state index in [2.05, 4.69) is 33.8 Å². The molecule has 1 fully saturated rings. The fourth-order valence-corrected chi connectivity index (χ4v) is 3.75. The Kier molecular flexibility index (Phi) is 3.18. The molecule has 1 heteroatoms. The van der Waals surface area contributed by atoms with Crippen LogP contribution in [0.2, 0.25) is 0 Å². The minimum Gasteiger partial charge on any atom is -0.389 e. The van der Waals surface area contributed by atoms with Crippen LogP contribution in [-0.4, -0.2) is 10.7 Å². The van der Waals surface area contributed by atoms with Crippen LogP contribution >= 0.6 is 0 Å². The minimum absolute atomic E-state index is 0.370. The van der Waals surface area contributed by atoms with E-state index in [4.69, 9.17) is 0 Å². The summed E-state index contributed by atoms with van der Waals surface area (Å²) >= 11 is 0. The molecule has 0 spiro atoms. The van der Waals surface area contributed by atoms with Crippen LogP contribution in [0.25, 0.3) is 0 Å². The normalized spacial score (nSPS) is 44.1. The molecule has 0 bridgehead atoms. The average Bonchev–Trinajstić information content (AvgIpc) is 2.23. The Bertz CT molecular complexity index is 292. The first-order chi connectivity index (χ1) is 7.45. The maximum Gasteiger partial charge on any atom is 0.0735 e. The molecule has 16 heavy (non-hydrogen) atoms. The lowest BCUT2D eigenvalue weighted by atomic mass is 9.58. The molecule has 2 aliphatic rings. The van der Waals surface area contributed by atoms with Crippen LogP contribution in [-0.2, 0) is 0 Å². The Hall–Kier alpha value is -0.300. The van der Waals surface area contributed by atoms with Crippen molar-refractivity contribution in [3.05, 3.63) is 11.6 Å². The molecular formula is C15H26O. The number of rotatable bonds is 1. The Morgan fingerprint density at radius 2 is 2.06 bits per heavy atom. The minimum atomic E-state index is -0.446. The van der Waals surface area contributed by atoms with Gasteiger partial charge in [0.2, 0.25) is 0 Å². The van der Waals surface area contributed by atoms with Gasteiger partial charge in [0.1, 0.15) is 0 Å². The molecule has 0 saturated heterocycles. The van der Waals surface area contributed by atoms with E-state index in [-0.39, 0.29) is 0 Å². The second-order valence-electron chi connectivity index (χ2n) is 6.40. The number of hydrogen-bond acceptors (Lipinski definition) is 1. The largest absolute Gasteiger partial charge is 0.389 e. The van der Waals surface area contributed by atoms with Crippen molar-refractivity contribution in [1.82, 2.24) is 0 Å². The molecule has 1 nitrogen and oxygen atoms in total. The molecule has 92 valence electrons. The SMILES string of the molecule is CC1=C[C@H]2C(CC1)[C@H](C)CC[C@@]2(O)C(C)C. The van der Waals surface area contributed by atoms with E-state index in [9.17, 15) is 5.11 Å². The topological polar surface area (TPSA) is 20.2 Å². The molecule has 1 N–H and O–H groups in total. The van der Waals surface area contributed by atoms with Crippen LogP contribution in [0, 0.1) is 23.7 Å². The van der Waals surface area contributed by atoms with Crippen LogP contribution in [0.3, 0.4) is 0 Å². The predicted octanol–water partition coefficient (Wildman–Crippen LogP) is 3.78. The molecule has 2 rings (SSSR count). The summed E-state index contributed by atoms with van der Waals surface area (Å²) in [5.41, 5.74) is 1.04. The molecule has 0 aliphatic heterocycles. The smallest absolute Gasteiger partial charge is 0.0735 e. The summed E-state index contributed by atoms with van der Waals surface area (Å²) in [5, 5.41) is 10.9. The van der Waals surface area contributed by atoms with Gasteiger partial charge < -0.3 is 5.11 Å². The summed E-state index contributed by atoms with van der Waals surface area (Å²) in [6.07, 6.45) is 7.08. The highest BCUT2D eigenvalue weighted by atomic mass is 16.3. The van der Waals surface area contributed by atoms with Crippen molar-refractivity contribution in [3.63, 3.8) is 0 Å². The summed E-state index contributed by atoms with van der Waals surface area (Å²) in [4.78, 5) is 0. The Morgan fingerprint density at radius 3 is 2.69 bits per heavy atom. The monoisotopic (exact) mass is 222 g/mol. The molecule has 0 aromatic rings. The van der Waals surface area contributed by atoms with Crippen LogP contribution in [0.4, 0.5) is 0 Å². The average molecular weight is 222 g/mol. The molecule has 0 aromatic carbocycles. The van der Waals surface area contributed by atoms with Gasteiger partial charge in [0.25, 0.3) is 0 Å². The van der Waals surface area contributed by atoms with Gasteiger partial charge in [0.05, 0.1) is 5.60 Å². The maximum atomic E-state index is 10.9. The molecule has 4 atom stereocenters. The lowest BCUT2D eigenvalue weighted by molar-refractivity contribution is -0.107. The van der Waals surface area contributed by atoms with Crippen molar-refractivity contribution in [1.29, 1.82) is 0 Å². The molecule has 0 amide bonds. The number of aliphatic hydroxyl groups is 1. The van der Waals surface area contributed by atoms with Crippen molar-refractivity contribution >= 4 is 0 Å². The van der Waals surface area contributed by atoms with Crippen molar-refractivity contribution in [3.8, 4) is 0 Å². The summed E-state index contributed by atoms with van der Waals surface area (Å²) in [5.74, 6) is 2.28. The van der Waals surface area contributed by atoms with Gasteiger partial charge >= 0.3 is 0 Å². The highest BCUT2D eigenvalue weighted by molar-refractivity contribution is 5.15. The quantitative estimate of drug-likeness (QED) is 0.669. The fraction of sp³-hybridized carbons (Fsp3) is 0.867. The third-order valence-electron chi connectivity index (χ3n) is 5.11. The second kappa shape index (κ2) is 4.18. The van der Waals surface area contributed by atoms with Crippen molar-refractivity contribution in [2.45, 2.75) is 59.0 Å². The van der Waals surface area contributed by atoms with E-state index in [0.717, 1.165) is 12.3 Å². The van der Waals surface area contributed by atoms with Gasteiger partial charge in [-0.1, -0.05) is 32.4 Å². The molecule has 1 unspecified atom stereocenters. The first-order valence-electron chi connectivity index (χ1n) is 6.85. The van der Waals surface area contributed by atoms with Gasteiger partial charge in [0.15, 0.2) is 0 Å². The van der Waals surface area contributed by atoms with E-state index in [0.29, 0.717) is 17.8 Å². The van der Waals surface area contributed by atoms with Crippen molar-refractivity contribution in [2.24, 2.45) is 23.7 Å². The lowest BCUT2D eigenvalue weighted by Crippen LogP contribution is -2.51. The zero-order chi connectivity index (χ0) is 11.9. The van der Waals surface area contributed by atoms with Gasteiger partial charge in [-0.3, -0.25) is 0 Å². The first-order valence-corrected chi connectivity index (χ1v) is 6.85. The molecular weight excluding hydrogens is 196 g/mol. The Balaban J connectivity index is 2.32. The number of hydrogen-bond donors (Lipinski definition) is 1. The van der Waals surface area contributed by atoms with E-state index in [1.54, 1.807) is 0 Å². The van der Waals surface area contributed by atoms with Crippen LogP contribution in [0.5, 0.6) is 0 Å². The summed E-state index contributed by atoms with van der Waals surface area (Å²) in [7, 11) is 0. The maximum absolute atomic E-state index is 10.9. The zero-order valence-corrected chi connectivity index (χ0v) is 11.2. The molecule has 1 saturated carbocycles. The highest BCUT2D eigenvalue weighted by Gasteiger charge is 2.48. The first kappa shape index (κ1) is 12.2. The Labute approximate surface area is 99.9 Å². The van der Waals surface area contributed by atoms with Gasteiger partial charge in [-0.15, -0.1) is 0 Å². The van der Waals surface area contributed by atoms with Crippen molar-refractivity contribution < 1.29 is 5.11 Å². The summed E-state index contributed by atoms with van der Waals surface area (Å²) < 4.78 is 0. The number of fused-ring (bicyclic) bond motifs is 1. The second-order valence-corrected chi connectivity index (χ2v) is 6.40. The van der Waals surface area contributed by atoms with Gasteiger partial charge in [-0.25, -0.2) is 0 Å². The van der Waals surface area contributed by atoms with E-state index in [1.165, 1.54) is 24.8 Å². The summed E-state index contributed by atoms with van der Waals surface area (Å²) in [6, 6.07) is 0. The predicted molar refractivity (Wildman–Crippen MR) is 68.2 cm³/mol. The van der Waals surface area contributed by atoms with Crippen LogP contribution < -0.4 is 0 Å².